The molecule has 2 amide bonds. The lowest BCUT2D eigenvalue weighted by Crippen LogP contribution is -2.49. The van der Waals surface area contributed by atoms with Crippen molar-refractivity contribution in [1.29, 1.82) is 0 Å². The number of rotatable bonds is 2. The number of likely N-dealkylation sites (tertiary alicyclic amines) is 1. The highest BCUT2D eigenvalue weighted by Crippen LogP contribution is 2.30. The van der Waals surface area contributed by atoms with Gasteiger partial charge in [-0.15, -0.1) is 12.4 Å². The van der Waals surface area contributed by atoms with Crippen LogP contribution in [0.4, 0.5) is 5.69 Å². The molecule has 1 aromatic rings. The van der Waals surface area contributed by atoms with E-state index in [0.717, 1.165) is 37.1 Å². The molecular weight excluding hydrogens is 326 g/mol. The number of nitrogens with two attached hydrogens (primary N) is 1. The third-order valence-corrected chi connectivity index (χ3v) is 5.11. The minimum Gasteiger partial charge on any atom is -0.334 e. The number of benzene rings is 1. The fourth-order valence-corrected chi connectivity index (χ4v) is 3.77. The Labute approximate surface area is 149 Å². The number of halogens is 1. The molecule has 2 atom stereocenters. The zero-order valence-electron chi connectivity index (χ0n) is 14.3. The number of hydrogen-bond donors (Lipinski definition) is 1. The highest BCUT2D eigenvalue weighted by atomic mass is 35.5. The summed E-state index contributed by atoms with van der Waals surface area (Å²) in [5.41, 5.74) is 8.61. The second-order valence-corrected chi connectivity index (χ2v) is 6.78. The van der Waals surface area contributed by atoms with Crippen molar-refractivity contribution >= 4 is 29.9 Å². The fourth-order valence-electron chi connectivity index (χ4n) is 3.77. The van der Waals surface area contributed by atoms with Crippen LogP contribution >= 0.6 is 12.4 Å². The molecule has 6 heteroatoms. The lowest BCUT2D eigenvalue weighted by molar-refractivity contribution is -0.116. The minimum atomic E-state index is 0. The van der Waals surface area contributed by atoms with Crippen LogP contribution in [-0.4, -0.2) is 42.4 Å². The van der Waals surface area contributed by atoms with Crippen molar-refractivity contribution in [1.82, 2.24) is 4.90 Å². The van der Waals surface area contributed by atoms with E-state index >= 15 is 0 Å². The molecule has 5 nitrogen and oxygen atoms in total. The van der Waals surface area contributed by atoms with Gasteiger partial charge in [0.15, 0.2) is 0 Å². The monoisotopic (exact) mass is 351 g/mol. The first-order chi connectivity index (χ1) is 11.0. The molecule has 0 radical (unpaired) electrons. The highest BCUT2D eigenvalue weighted by Gasteiger charge is 2.30. The van der Waals surface area contributed by atoms with E-state index in [1.807, 2.05) is 23.1 Å². The summed E-state index contributed by atoms with van der Waals surface area (Å²) in [6, 6.07) is 5.83. The average molecular weight is 352 g/mol. The van der Waals surface area contributed by atoms with Gasteiger partial charge in [0.05, 0.1) is 0 Å². The standard InChI is InChI=1S/C18H25N3O2.ClH/c1-12-5-7-21(16(9-12)11-19)18(23)15-3-4-17-14(10-15)6-8-20(17)13(2)22;/h3-4,10,12,16H,5-9,11,19H2,1-2H3;1H. The van der Waals surface area contributed by atoms with Crippen LogP contribution in [0.15, 0.2) is 18.2 Å². The van der Waals surface area contributed by atoms with E-state index in [1.54, 1.807) is 11.8 Å². The van der Waals surface area contributed by atoms with Crippen molar-refractivity contribution in [2.75, 3.05) is 24.5 Å². The zero-order chi connectivity index (χ0) is 16.6. The summed E-state index contributed by atoms with van der Waals surface area (Å²) in [6.45, 7) is 5.79. The van der Waals surface area contributed by atoms with E-state index < -0.39 is 0 Å². The van der Waals surface area contributed by atoms with E-state index in [9.17, 15) is 9.59 Å². The van der Waals surface area contributed by atoms with Gasteiger partial charge in [0.2, 0.25) is 5.91 Å². The van der Waals surface area contributed by atoms with Crippen molar-refractivity contribution in [2.24, 2.45) is 11.7 Å². The molecule has 0 spiro atoms. The Bertz CT molecular complexity index is 635. The molecule has 1 fully saturated rings. The molecule has 2 unspecified atom stereocenters. The predicted molar refractivity (Wildman–Crippen MR) is 97.7 cm³/mol. The number of hydrogen-bond acceptors (Lipinski definition) is 3. The quantitative estimate of drug-likeness (QED) is 0.888. The Hall–Kier alpha value is -1.59. The smallest absolute Gasteiger partial charge is 0.254 e. The molecule has 0 bridgehead atoms. The lowest BCUT2D eigenvalue weighted by atomic mass is 9.91. The van der Waals surface area contributed by atoms with Gasteiger partial charge in [-0.2, -0.15) is 0 Å². The molecule has 1 saturated heterocycles. The van der Waals surface area contributed by atoms with Crippen molar-refractivity contribution in [2.45, 2.75) is 39.2 Å². The first-order valence-electron chi connectivity index (χ1n) is 8.43. The van der Waals surface area contributed by atoms with Crippen molar-refractivity contribution in [3.8, 4) is 0 Å². The van der Waals surface area contributed by atoms with E-state index in [0.29, 0.717) is 24.6 Å². The number of piperidine rings is 1. The Morgan fingerprint density at radius 3 is 2.71 bits per heavy atom. The van der Waals surface area contributed by atoms with Crippen LogP contribution in [0, 0.1) is 5.92 Å². The van der Waals surface area contributed by atoms with Gasteiger partial charge in [-0.25, -0.2) is 0 Å². The van der Waals surface area contributed by atoms with Crippen molar-refractivity contribution in [3.63, 3.8) is 0 Å². The van der Waals surface area contributed by atoms with Crippen molar-refractivity contribution < 1.29 is 9.59 Å². The number of amides is 2. The summed E-state index contributed by atoms with van der Waals surface area (Å²) in [7, 11) is 0. The largest absolute Gasteiger partial charge is 0.334 e. The molecule has 132 valence electrons. The summed E-state index contributed by atoms with van der Waals surface area (Å²) in [6.07, 6.45) is 2.82. The van der Waals surface area contributed by atoms with E-state index in [-0.39, 0.29) is 30.3 Å². The molecular formula is C18H26ClN3O2. The van der Waals surface area contributed by atoms with Gasteiger partial charge in [-0.1, -0.05) is 6.92 Å². The van der Waals surface area contributed by atoms with Crippen LogP contribution in [0.2, 0.25) is 0 Å². The van der Waals surface area contributed by atoms with Crippen LogP contribution in [0.5, 0.6) is 0 Å². The summed E-state index contributed by atoms with van der Waals surface area (Å²) in [5.74, 6) is 0.740. The summed E-state index contributed by atoms with van der Waals surface area (Å²) in [5, 5.41) is 0. The van der Waals surface area contributed by atoms with E-state index in [2.05, 4.69) is 6.92 Å². The van der Waals surface area contributed by atoms with Gasteiger partial charge in [0, 0.05) is 43.9 Å². The third-order valence-electron chi connectivity index (χ3n) is 5.11. The van der Waals surface area contributed by atoms with Gasteiger partial charge in [-0.05, 0) is 48.9 Å². The van der Waals surface area contributed by atoms with Gasteiger partial charge in [-0.3, -0.25) is 9.59 Å². The van der Waals surface area contributed by atoms with Crippen LogP contribution in [0.25, 0.3) is 0 Å². The highest BCUT2D eigenvalue weighted by molar-refractivity contribution is 5.98. The molecule has 24 heavy (non-hydrogen) atoms. The molecule has 3 rings (SSSR count). The van der Waals surface area contributed by atoms with E-state index in [4.69, 9.17) is 5.73 Å². The molecule has 0 aliphatic carbocycles. The number of carbonyl (C=O) groups excluding carboxylic acids is 2. The van der Waals surface area contributed by atoms with E-state index in [1.165, 1.54) is 0 Å². The maximum absolute atomic E-state index is 12.9. The van der Waals surface area contributed by atoms with Crippen molar-refractivity contribution in [3.05, 3.63) is 29.3 Å². The SMILES string of the molecule is CC(=O)N1CCc2cc(C(=O)N3CCC(C)CC3CN)ccc21.Cl. The summed E-state index contributed by atoms with van der Waals surface area (Å²) >= 11 is 0. The first kappa shape index (κ1) is 18.7. The average Bonchev–Trinajstić information content (AvgIpc) is 2.97. The Balaban J connectivity index is 0.00000208. The molecule has 0 aromatic heterocycles. The Kier molecular flexibility index (Phi) is 5.88. The summed E-state index contributed by atoms with van der Waals surface area (Å²) in [4.78, 5) is 28.2. The lowest BCUT2D eigenvalue weighted by Gasteiger charge is -2.38. The van der Waals surface area contributed by atoms with Crippen LogP contribution in [0.3, 0.4) is 0 Å². The Morgan fingerprint density at radius 1 is 1.29 bits per heavy atom. The first-order valence-corrected chi connectivity index (χ1v) is 8.43. The molecule has 2 aliphatic heterocycles. The number of anilines is 1. The second-order valence-electron chi connectivity index (χ2n) is 6.78. The second kappa shape index (κ2) is 7.53. The van der Waals surface area contributed by atoms with Crippen LogP contribution < -0.4 is 10.6 Å². The number of nitrogens with zero attached hydrogens (tertiary/aromatic N) is 2. The maximum Gasteiger partial charge on any atom is 0.254 e. The molecule has 2 N–H and O–H groups in total. The molecule has 2 heterocycles. The van der Waals surface area contributed by atoms with Gasteiger partial charge < -0.3 is 15.5 Å². The van der Waals surface area contributed by atoms with Gasteiger partial charge >= 0.3 is 0 Å². The molecule has 1 aromatic carbocycles. The summed E-state index contributed by atoms with van der Waals surface area (Å²) < 4.78 is 0. The normalized spacial score (nSPS) is 22.8. The third kappa shape index (κ3) is 3.42. The topological polar surface area (TPSA) is 66.6 Å². The zero-order valence-corrected chi connectivity index (χ0v) is 15.1. The Morgan fingerprint density at radius 2 is 2.04 bits per heavy atom. The van der Waals surface area contributed by atoms with Crippen LogP contribution in [0.1, 0.15) is 42.6 Å². The predicted octanol–water partition coefficient (Wildman–Crippen LogP) is 2.22. The molecule has 0 saturated carbocycles. The minimum absolute atomic E-state index is 0. The fraction of sp³-hybridized carbons (Fsp3) is 0.556. The number of fused-ring (bicyclic) bond motifs is 1. The van der Waals surface area contributed by atoms with Gasteiger partial charge in [0.1, 0.15) is 0 Å². The number of carbonyl (C=O) groups is 2. The molecule has 2 aliphatic rings. The maximum atomic E-state index is 12.9. The van der Waals surface area contributed by atoms with Gasteiger partial charge in [0.25, 0.3) is 5.91 Å². The van der Waals surface area contributed by atoms with Crippen LogP contribution in [-0.2, 0) is 11.2 Å².